The maximum Gasteiger partial charge on any atom is 0.286 e. The van der Waals surface area contributed by atoms with Gasteiger partial charge >= 0.3 is 0 Å². The molecule has 0 spiro atoms. The number of benzene rings is 2. The van der Waals surface area contributed by atoms with E-state index in [0.29, 0.717) is 32.9 Å². The van der Waals surface area contributed by atoms with E-state index in [4.69, 9.17) is 38.4 Å². The monoisotopic (exact) mass is 436 g/mol. The largest absolute Gasteiger partial charge is 0.490 e. The number of amidine groups is 1. The van der Waals surface area contributed by atoms with Crippen LogP contribution in [0.5, 0.6) is 11.5 Å². The Kier molecular flexibility index (Phi) is 6.54. The first-order valence-corrected chi connectivity index (χ1v) is 10.0. The summed E-state index contributed by atoms with van der Waals surface area (Å²) in [5.74, 6) is 0.823. The molecule has 0 saturated carbocycles. The summed E-state index contributed by atoms with van der Waals surface area (Å²) in [5, 5.41) is 0.976. The molecule has 2 aromatic rings. The van der Waals surface area contributed by atoms with Crippen molar-refractivity contribution in [3.05, 3.63) is 62.0 Å². The lowest BCUT2D eigenvalue weighted by molar-refractivity contribution is -0.113. The van der Waals surface area contributed by atoms with Gasteiger partial charge in [0.05, 0.1) is 9.93 Å². The quantitative estimate of drug-likeness (QED) is 0.509. The first-order chi connectivity index (χ1) is 13.3. The molecule has 3 rings (SSSR count). The van der Waals surface area contributed by atoms with Crippen molar-refractivity contribution in [2.45, 2.75) is 13.8 Å². The van der Waals surface area contributed by atoms with E-state index in [9.17, 15) is 4.79 Å². The molecule has 0 radical (unpaired) electrons. The van der Waals surface area contributed by atoms with Crippen LogP contribution in [-0.2, 0) is 4.79 Å². The normalized spacial score (nSPS) is 15.1. The fourth-order valence-corrected chi connectivity index (χ4v) is 3.90. The van der Waals surface area contributed by atoms with Crippen LogP contribution in [0.15, 0.2) is 40.2 Å². The Morgan fingerprint density at radius 2 is 1.89 bits per heavy atom. The summed E-state index contributed by atoms with van der Waals surface area (Å²) in [6.07, 6.45) is 1.62. The molecule has 28 heavy (non-hydrogen) atoms. The number of nitrogens with two attached hydrogens (primary N) is 1. The number of aryl methyl sites for hydroxylation is 2. The van der Waals surface area contributed by atoms with Gasteiger partial charge in [-0.25, -0.2) is 0 Å². The van der Waals surface area contributed by atoms with E-state index in [0.717, 1.165) is 23.1 Å². The van der Waals surface area contributed by atoms with E-state index >= 15 is 0 Å². The molecule has 1 amide bonds. The lowest BCUT2D eigenvalue weighted by atomic mass is 10.1. The topological polar surface area (TPSA) is 73.9 Å². The number of nitrogens with zero attached hydrogens (tertiary/aromatic N) is 1. The van der Waals surface area contributed by atoms with E-state index in [1.165, 1.54) is 5.56 Å². The van der Waals surface area contributed by atoms with Crippen LogP contribution in [-0.4, -0.2) is 24.3 Å². The van der Waals surface area contributed by atoms with Crippen LogP contribution in [0.2, 0.25) is 10.0 Å². The summed E-state index contributed by atoms with van der Waals surface area (Å²) in [7, 11) is 0. The van der Waals surface area contributed by atoms with Crippen LogP contribution >= 0.6 is 35.0 Å². The van der Waals surface area contributed by atoms with Crippen molar-refractivity contribution >= 4 is 52.1 Å². The Balaban J connectivity index is 1.71. The number of hydrogen-bond donors (Lipinski definition) is 1. The highest BCUT2D eigenvalue weighted by Gasteiger charge is 2.21. The Morgan fingerprint density at radius 1 is 1.14 bits per heavy atom. The number of carbonyl (C=O) groups excluding carboxylic acids is 1. The SMILES string of the molecule is Cc1ccc(OCCOc2c(Cl)cc(Cl)cc2/C=C2/SC(N)=NC2=O)c(C)c1. The molecule has 0 atom stereocenters. The number of aliphatic imine (C=N–C) groups is 1. The number of amides is 1. The van der Waals surface area contributed by atoms with Crippen LogP contribution in [0.3, 0.4) is 0 Å². The molecule has 2 N–H and O–H groups in total. The van der Waals surface area contributed by atoms with E-state index in [-0.39, 0.29) is 11.8 Å². The Bertz CT molecular complexity index is 990. The van der Waals surface area contributed by atoms with Crippen molar-refractivity contribution < 1.29 is 14.3 Å². The van der Waals surface area contributed by atoms with Gasteiger partial charge in [0.15, 0.2) is 5.17 Å². The van der Waals surface area contributed by atoms with Gasteiger partial charge < -0.3 is 15.2 Å². The van der Waals surface area contributed by atoms with Gasteiger partial charge in [0, 0.05) is 10.6 Å². The molecule has 146 valence electrons. The smallest absolute Gasteiger partial charge is 0.286 e. The molecule has 8 heteroatoms. The van der Waals surface area contributed by atoms with E-state index in [1.54, 1.807) is 18.2 Å². The van der Waals surface area contributed by atoms with Gasteiger partial charge in [-0.05, 0) is 55.4 Å². The number of rotatable bonds is 6. The van der Waals surface area contributed by atoms with Gasteiger partial charge in [-0.1, -0.05) is 40.9 Å². The first kappa shape index (κ1) is 20.6. The van der Waals surface area contributed by atoms with E-state index < -0.39 is 5.91 Å². The fourth-order valence-electron chi connectivity index (χ4n) is 2.66. The Labute approximate surface area is 177 Å². The lowest BCUT2D eigenvalue weighted by Crippen LogP contribution is -2.10. The molecule has 0 bridgehead atoms. The van der Waals surface area contributed by atoms with Gasteiger partial charge in [-0.15, -0.1) is 0 Å². The minimum absolute atomic E-state index is 0.203. The second-order valence-corrected chi connectivity index (χ2v) is 8.04. The summed E-state index contributed by atoms with van der Waals surface area (Å²) in [5.41, 5.74) is 8.40. The third-order valence-corrected chi connectivity index (χ3v) is 5.19. The van der Waals surface area contributed by atoms with Crippen LogP contribution in [0.4, 0.5) is 0 Å². The van der Waals surface area contributed by atoms with Gasteiger partial charge in [-0.2, -0.15) is 4.99 Å². The van der Waals surface area contributed by atoms with Crippen molar-refractivity contribution in [3.63, 3.8) is 0 Å². The highest BCUT2D eigenvalue weighted by Crippen LogP contribution is 2.36. The number of halogens is 2. The van der Waals surface area contributed by atoms with Crippen LogP contribution in [0.1, 0.15) is 16.7 Å². The maximum atomic E-state index is 11.9. The molecule has 1 heterocycles. The molecule has 1 aliphatic rings. The average molecular weight is 437 g/mol. The summed E-state index contributed by atoms with van der Waals surface area (Å²) in [4.78, 5) is 15.9. The summed E-state index contributed by atoms with van der Waals surface area (Å²) in [6.45, 7) is 4.63. The summed E-state index contributed by atoms with van der Waals surface area (Å²) < 4.78 is 11.6. The molecule has 2 aromatic carbocycles. The van der Waals surface area contributed by atoms with Crippen molar-refractivity contribution in [2.24, 2.45) is 10.7 Å². The predicted molar refractivity (Wildman–Crippen MR) is 116 cm³/mol. The zero-order chi connectivity index (χ0) is 20.3. The van der Waals surface area contributed by atoms with E-state index in [1.807, 2.05) is 26.0 Å². The lowest BCUT2D eigenvalue weighted by Gasteiger charge is -2.14. The average Bonchev–Trinajstić information content (AvgIpc) is 2.92. The molecule has 0 saturated heterocycles. The highest BCUT2D eigenvalue weighted by molar-refractivity contribution is 8.18. The Morgan fingerprint density at radius 3 is 2.57 bits per heavy atom. The molecule has 0 aromatic heterocycles. The zero-order valence-corrected chi connectivity index (χ0v) is 17.6. The number of carbonyl (C=O) groups is 1. The van der Waals surface area contributed by atoms with Gasteiger partial charge in [0.2, 0.25) is 0 Å². The Hall–Kier alpha value is -2.15. The zero-order valence-electron chi connectivity index (χ0n) is 15.3. The van der Waals surface area contributed by atoms with Crippen molar-refractivity contribution in [1.82, 2.24) is 0 Å². The minimum Gasteiger partial charge on any atom is -0.490 e. The van der Waals surface area contributed by atoms with Crippen LogP contribution < -0.4 is 15.2 Å². The number of hydrogen-bond acceptors (Lipinski definition) is 5. The summed E-state index contributed by atoms with van der Waals surface area (Å²) in [6, 6.07) is 9.24. The minimum atomic E-state index is -0.400. The standard InChI is InChI=1S/C20H18Cl2N2O3S/c1-11-3-4-16(12(2)7-11)26-5-6-27-18-13(8-14(21)10-15(18)22)9-17-19(25)24-20(23)28-17/h3-4,7-10H,5-6H2,1-2H3,(H2,23,24,25)/b17-9+. The third-order valence-electron chi connectivity index (χ3n) is 3.88. The predicted octanol–water partition coefficient (Wildman–Crippen LogP) is 5.00. The fraction of sp³-hybridized carbons (Fsp3) is 0.200. The first-order valence-electron chi connectivity index (χ1n) is 8.43. The van der Waals surface area contributed by atoms with Crippen molar-refractivity contribution in [1.29, 1.82) is 0 Å². The number of ether oxygens (including phenoxy) is 2. The van der Waals surface area contributed by atoms with Crippen LogP contribution in [0.25, 0.3) is 6.08 Å². The third kappa shape index (κ3) is 5.01. The molecular formula is C20H18Cl2N2O3S. The molecule has 1 aliphatic heterocycles. The van der Waals surface area contributed by atoms with Gasteiger partial charge in [-0.3, -0.25) is 4.79 Å². The van der Waals surface area contributed by atoms with Gasteiger partial charge in [0.25, 0.3) is 5.91 Å². The van der Waals surface area contributed by atoms with E-state index in [2.05, 4.69) is 11.1 Å². The summed E-state index contributed by atoms with van der Waals surface area (Å²) >= 11 is 13.5. The molecule has 0 aliphatic carbocycles. The molecule has 0 unspecified atom stereocenters. The molecular weight excluding hydrogens is 419 g/mol. The molecule has 0 fully saturated rings. The van der Waals surface area contributed by atoms with Crippen molar-refractivity contribution in [3.8, 4) is 11.5 Å². The number of thioether (sulfide) groups is 1. The van der Waals surface area contributed by atoms with Gasteiger partial charge in [0.1, 0.15) is 24.7 Å². The highest BCUT2D eigenvalue weighted by atomic mass is 35.5. The second kappa shape index (κ2) is 8.90. The van der Waals surface area contributed by atoms with Crippen LogP contribution in [0, 0.1) is 13.8 Å². The second-order valence-electron chi connectivity index (χ2n) is 6.14. The van der Waals surface area contributed by atoms with Crippen molar-refractivity contribution in [2.75, 3.05) is 13.2 Å². The maximum absolute atomic E-state index is 11.9. The molecule has 5 nitrogen and oxygen atoms in total.